The minimum atomic E-state index is -0.509. The van der Waals surface area contributed by atoms with Crippen LogP contribution in [0.3, 0.4) is 0 Å². The second-order valence-electron chi connectivity index (χ2n) is 5.57. The van der Waals surface area contributed by atoms with Crippen molar-refractivity contribution in [1.82, 2.24) is 25.5 Å². The van der Waals surface area contributed by atoms with Gasteiger partial charge < -0.3 is 5.32 Å². The molecule has 7 heteroatoms. The summed E-state index contributed by atoms with van der Waals surface area (Å²) in [6.45, 7) is 3.89. The Bertz CT molecular complexity index is 934. The van der Waals surface area contributed by atoms with Crippen LogP contribution in [0.15, 0.2) is 41.5 Å². The summed E-state index contributed by atoms with van der Waals surface area (Å²) in [7, 11) is 0. The number of aromatic amines is 1. The van der Waals surface area contributed by atoms with Gasteiger partial charge in [0.2, 0.25) is 5.91 Å². The molecule has 0 fully saturated rings. The van der Waals surface area contributed by atoms with Gasteiger partial charge in [0.15, 0.2) is 0 Å². The van der Waals surface area contributed by atoms with E-state index in [2.05, 4.69) is 25.5 Å². The van der Waals surface area contributed by atoms with Crippen LogP contribution in [0.2, 0.25) is 0 Å². The molecular weight excluding hydrogens is 306 g/mol. The van der Waals surface area contributed by atoms with E-state index in [0.29, 0.717) is 22.2 Å². The molecule has 122 valence electrons. The second kappa shape index (κ2) is 6.57. The van der Waals surface area contributed by atoms with Gasteiger partial charge >= 0.3 is 0 Å². The molecule has 3 aromatic rings. The first-order chi connectivity index (χ1) is 11.6. The number of hydrogen-bond acceptors (Lipinski definition) is 5. The molecule has 0 bridgehead atoms. The Morgan fingerprint density at radius 3 is 2.67 bits per heavy atom. The van der Waals surface area contributed by atoms with Gasteiger partial charge in [-0.25, -0.2) is 5.10 Å². The number of rotatable bonds is 4. The quantitative estimate of drug-likeness (QED) is 0.756. The number of hydrogen-bond donors (Lipinski definition) is 2. The number of amides is 1. The summed E-state index contributed by atoms with van der Waals surface area (Å²) >= 11 is 0. The molecule has 0 unspecified atom stereocenters. The van der Waals surface area contributed by atoms with Crippen LogP contribution in [0.1, 0.15) is 29.9 Å². The van der Waals surface area contributed by atoms with E-state index in [0.717, 1.165) is 5.69 Å². The lowest BCUT2D eigenvalue weighted by Crippen LogP contribution is -2.29. The molecule has 7 nitrogen and oxygen atoms in total. The van der Waals surface area contributed by atoms with E-state index in [1.54, 1.807) is 37.5 Å². The molecule has 2 N–H and O–H groups in total. The van der Waals surface area contributed by atoms with Crippen LogP contribution in [0, 0.1) is 6.92 Å². The van der Waals surface area contributed by atoms with Crippen LogP contribution >= 0.6 is 0 Å². The first kappa shape index (κ1) is 15.8. The van der Waals surface area contributed by atoms with Gasteiger partial charge in [0, 0.05) is 11.6 Å². The summed E-state index contributed by atoms with van der Waals surface area (Å²) in [5.74, 6) is -0.702. The molecule has 2 heterocycles. The van der Waals surface area contributed by atoms with Crippen molar-refractivity contribution in [3.05, 3.63) is 64.1 Å². The molecule has 0 spiro atoms. The predicted octanol–water partition coefficient (Wildman–Crippen LogP) is 1.44. The number of benzene rings is 1. The molecule has 0 radical (unpaired) electrons. The number of aromatic nitrogens is 4. The molecule has 1 atom stereocenters. The number of fused-ring (bicyclic) bond motifs is 1. The summed E-state index contributed by atoms with van der Waals surface area (Å²) in [5.41, 5.74) is 1.78. The monoisotopic (exact) mass is 323 g/mol. The Morgan fingerprint density at radius 2 is 1.96 bits per heavy atom. The maximum Gasteiger partial charge on any atom is 0.272 e. The molecule has 0 aliphatic rings. The largest absolute Gasteiger partial charge is 0.350 e. The zero-order valence-electron chi connectivity index (χ0n) is 13.4. The Labute approximate surface area is 138 Å². The van der Waals surface area contributed by atoms with Crippen molar-refractivity contribution in [3.63, 3.8) is 0 Å². The van der Waals surface area contributed by atoms with Crippen LogP contribution < -0.4 is 10.9 Å². The molecular formula is C17H17N5O2. The molecule has 0 saturated heterocycles. The number of carbonyl (C=O) groups excluding carboxylic acids is 1. The van der Waals surface area contributed by atoms with Gasteiger partial charge in [-0.2, -0.15) is 5.10 Å². The zero-order chi connectivity index (χ0) is 17.1. The van der Waals surface area contributed by atoms with E-state index in [9.17, 15) is 9.59 Å². The maximum absolute atomic E-state index is 12.4. The maximum atomic E-state index is 12.4. The van der Waals surface area contributed by atoms with Crippen LogP contribution in [-0.4, -0.2) is 26.1 Å². The standard InChI is InChI=1S/C17H17N5O2/c1-10-7-19-12(8-18-10)9-20-16(23)11(2)15-13-5-3-4-6-14(13)17(24)22-21-15/h3-8,11H,9H2,1-2H3,(H,20,23)(H,22,24)/t11-/m0/s1. The van der Waals surface area contributed by atoms with Gasteiger partial charge in [0.1, 0.15) is 0 Å². The van der Waals surface area contributed by atoms with E-state index in [-0.39, 0.29) is 18.0 Å². The van der Waals surface area contributed by atoms with Crippen molar-refractivity contribution < 1.29 is 4.79 Å². The van der Waals surface area contributed by atoms with Crippen LogP contribution in [0.25, 0.3) is 10.8 Å². The molecule has 1 aromatic carbocycles. The number of H-pyrrole nitrogens is 1. The van der Waals surface area contributed by atoms with Gasteiger partial charge in [-0.05, 0) is 19.9 Å². The average Bonchev–Trinajstić information content (AvgIpc) is 2.61. The normalized spacial score (nSPS) is 12.1. The van der Waals surface area contributed by atoms with Crippen molar-refractivity contribution in [1.29, 1.82) is 0 Å². The molecule has 0 saturated carbocycles. The van der Waals surface area contributed by atoms with Gasteiger partial charge in [-0.3, -0.25) is 19.6 Å². The Kier molecular flexibility index (Phi) is 4.33. The minimum absolute atomic E-state index is 0.193. The molecule has 0 aliphatic carbocycles. The van der Waals surface area contributed by atoms with E-state index in [4.69, 9.17) is 0 Å². The van der Waals surface area contributed by atoms with Gasteiger partial charge in [-0.15, -0.1) is 0 Å². The number of aryl methyl sites for hydroxylation is 1. The zero-order valence-corrected chi connectivity index (χ0v) is 13.4. The second-order valence-corrected chi connectivity index (χ2v) is 5.57. The van der Waals surface area contributed by atoms with Gasteiger partial charge in [0.05, 0.1) is 41.1 Å². The van der Waals surface area contributed by atoms with Crippen LogP contribution in [0.4, 0.5) is 0 Å². The van der Waals surface area contributed by atoms with E-state index in [1.165, 1.54) is 0 Å². The van der Waals surface area contributed by atoms with Gasteiger partial charge in [0.25, 0.3) is 5.56 Å². The first-order valence-corrected chi connectivity index (χ1v) is 7.59. The summed E-state index contributed by atoms with van der Waals surface area (Å²) in [6, 6.07) is 7.11. The predicted molar refractivity (Wildman–Crippen MR) is 89.4 cm³/mol. The van der Waals surface area contributed by atoms with Crippen LogP contribution in [-0.2, 0) is 11.3 Å². The number of nitrogens with zero attached hydrogens (tertiary/aromatic N) is 3. The highest BCUT2D eigenvalue weighted by Crippen LogP contribution is 2.20. The first-order valence-electron chi connectivity index (χ1n) is 7.59. The number of nitrogens with one attached hydrogen (secondary N) is 2. The Morgan fingerprint density at radius 1 is 1.21 bits per heavy atom. The number of carbonyl (C=O) groups is 1. The smallest absolute Gasteiger partial charge is 0.272 e. The van der Waals surface area contributed by atoms with Crippen molar-refractivity contribution in [3.8, 4) is 0 Å². The van der Waals surface area contributed by atoms with Gasteiger partial charge in [-0.1, -0.05) is 18.2 Å². The summed E-state index contributed by atoms with van der Waals surface area (Å²) in [6.07, 6.45) is 3.29. The van der Waals surface area contributed by atoms with Crippen molar-refractivity contribution in [2.24, 2.45) is 0 Å². The fourth-order valence-electron chi connectivity index (χ4n) is 2.43. The summed E-state index contributed by atoms with van der Waals surface area (Å²) in [4.78, 5) is 32.6. The SMILES string of the molecule is Cc1cnc(CNC(=O)[C@@H](C)c2n[nH]c(=O)c3ccccc23)cn1. The lowest BCUT2D eigenvalue weighted by Gasteiger charge is -2.13. The Balaban J connectivity index is 1.80. The highest BCUT2D eigenvalue weighted by atomic mass is 16.2. The fourth-order valence-corrected chi connectivity index (χ4v) is 2.43. The third-order valence-electron chi connectivity index (χ3n) is 3.81. The minimum Gasteiger partial charge on any atom is -0.350 e. The van der Waals surface area contributed by atoms with Crippen molar-refractivity contribution in [2.75, 3.05) is 0 Å². The molecule has 2 aromatic heterocycles. The molecule has 1 amide bonds. The highest BCUT2D eigenvalue weighted by molar-refractivity contribution is 5.90. The van der Waals surface area contributed by atoms with E-state index < -0.39 is 5.92 Å². The van der Waals surface area contributed by atoms with E-state index >= 15 is 0 Å². The lowest BCUT2D eigenvalue weighted by atomic mass is 10.0. The van der Waals surface area contributed by atoms with Crippen LogP contribution in [0.5, 0.6) is 0 Å². The Hall–Kier alpha value is -3.09. The topological polar surface area (TPSA) is 101 Å². The molecule has 0 aliphatic heterocycles. The summed E-state index contributed by atoms with van der Waals surface area (Å²) in [5, 5.41) is 10.5. The summed E-state index contributed by atoms with van der Waals surface area (Å²) < 4.78 is 0. The van der Waals surface area contributed by atoms with Crippen molar-refractivity contribution >= 4 is 16.7 Å². The van der Waals surface area contributed by atoms with Crippen molar-refractivity contribution in [2.45, 2.75) is 26.3 Å². The highest BCUT2D eigenvalue weighted by Gasteiger charge is 2.20. The third-order valence-corrected chi connectivity index (χ3v) is 3.81. The lowest BCUT2D eigenvalue weighted by molar-refractivity contribution is -0.122. The molecule has 3 rings (SSSR count). The molecule has 24 heavy (non-hydrogen) atoms. The fraction of sp³-hybridized carbons (Fsp3) is 0.235. The third kappa shape index (κ3) is 3.15. The van der Waals surface area contributed by atoms with E-state index in [1.807, 2.05) is 13.0 Å². The average molecular weight is 323 g/mol.